The van der Waals surface area contributed by atoms with Gasteiger partial charge in [0, 0.05) is 38.9 Å². The molecule has 0 radical (unpaired) electrons. The summed E-state index contributed by atoms with van der Waals surface area (Å²) >= 11 is 0. The monoisotopic (exact) mass is 778 g/mol. The molecular weight excluding hydrogens is 732 g/mol. The molecule has 2 nitrogen and oxygen atoms in total. The fraction of sp³-hybridized carbons (Fsp3) is 0.193. The van der Waals surface area contributed by atoms with Crippen molar-refractivity contribution in [1.29, 1.82) is 0 Å². The van der Waals surface area contributed by atoms with Crippen LogP contribution in [0.3, 0.4) is 0 Å². The highest BCUT2D eigenvalue weighted by Crippen LogP contribution is 2.69. The van der Waals surface area contributed by atoms with E-state index in [1.807, 2.05) is 12.1 Å². The van der Waals surface area contributed by atoms with Gasteiger partial charge in [0.1, 0.15) is 5.82 Å². The van der Waals surface area contributed by atoms with E-state index >= 15 is 0 Å². The summed E-state index contributed by atoms with van der Waals surface area (Å²) in [7, 11) is 0. The van der Waals surface area contributed by atoms with Crippen molar-refractivity contribution < 1.29 is 4.39 Å². The molecular formula is C57H47FN2. The predicted octanol–water partition coefficient (Wildman–Crippen LogP) is 16.0. The molecule has 5 aliphatic carbocycles. The molecule has 0 aromatic heterocycles. The van der Waals surface area contributed by atoms with Gasteiger partial charge in [-0.1, -0.05) is 111 Å². The molecule has 60 heavy (non-hydrogen) atoms. The third-order valence-corrected chi connectivity index (χ3v) is 15.0. The second-order valence-corrected chi connectivity index (χ2v) is 17.9. The van der Waals surface area contributed by atoms with Crippen molar-refractivity contribution in [3.8, 4) is 11.1 Å². The van der Waals surface area contributed by atoms with Gasteiger partial charge < -0.3 is 9.80 Å². The molecule has 0 saturated heterocycles. The van der Waals surface area contributed by atoms with Crippen molar-refractivity contribution in [2.24, 2.45) is 23.7 Å². The Hall–Kier alpha value is -6.45. The van der Waals surface area contributed by atoms with Gasteiger partial charge in [0.05, 0.1) is 11.4 Å². The lowest BCUT2D eigenvalue weighted by Crippen LogP contribution is -2.55. The normalized spacial score (nSPS) is 22.0. The first-order valence-electron chi connectivity index (χ1n) is 21.5. The largest absolute Gasteiger partial charge is 0.310 e. The van der Waals surface area contributed by atoms with Gasteiger partial charge in [-0.2, -0.15) is 0 Å². The molecule has 4 bridgehead atoms. The molecule has 4 fully saturated rings. The van der Waals surface area contributed by atoms with Crippen molar-refractivity contribution in [2.75, 3.05) is 9.80 Å². The maximum absolute atomic E-state index is 14.7. The van der Waals surface area contributed by atoms with Gasteiger partial charge in [-0.25, -0.2) is 4.39 Å². The first-order valence-corrected chi connectivity index (χ1v) is 21.5. The fourth-order valence-corrected chi connectivity index (χ4v) is 13.0. The molecule has 5 aliphatic rings. The van der Waals surface area contributed by atoms with E-state index < -0.39 is 0 Å². The van der Waals surface area contributed by atoms with Gasteiger partial charge in [0.2, 0.25) is 0 Å². The molecule has 0 unspecified atom stereocenters. The number of hydrogen-bond acceptors (Lipinski definition) is 2. The molecule has 0 aliphatic heterocycles. The van der Waals surface area contributed by atoms with Crippen molar-refractivity contribution in [3.63, 3.8) is 0 Å². The average molecular weight is 779 g/mol. The summed E-state index contributed by atoms with van der Waals surface area (Å²) in [6.07, 6.45) is 6.90. The number of anilines is 6. The molecule has 0 N–H and O–H groups in total. The summed E-state index contributed by atoms with van der Waals surface area (Å²) in [6.45, 7) is 0. The standard InChI is InChI=1S/C56H43FN2.CH4/c57-41-19-21-44(22-20-41)59(45-23-26-51-49(34-45)46-13-7-8-14-50(46)56(51)39-30-35-29-36(32-39)33-40(56)31-35)53-28-18-38-15-24-47-52(27-17-37-16-25-48(53)55(38)54(37)47)58(42-9-3-1-4-10-42)43-11-5-2-6-12-43;/h1-28,34-36,39-40H,29-33H2;1H4. The number of nitrogens with zero attached hydrogens (tertiary/aromatic N) is 2. The minimum absolute atomic E-state index is 0. The summed E-state index contributed by atoms with van der Waals surface area (Å²) in [5, 5.41) is 7.29. The summed E-state index contributed by atoms with van der Waals surface area (Å²) in [5.41, 5.74) is 12.5. The molecule has 0 heterocycles. The SMILES string of the molecule is C.Fc1ccc(N(c2ccc3c(c2)-c2ccccc2C32C3CC4CC(C3)CC2C4)c2ccc3ccc4c(N(c5ccccc5)c5ccccc5)ccc5ccc2c3c54)cc1. The van der Waals surface area contributed by atoms with Gasteiger partial charge in [0.25, 0.3) is 0 Å². The van der Waals surface area contributed by atoms with E-state index in [0.29, 0.717) is 11.8 Å². The second-order valence-electron chi connectivity index (χ2n) is 17.9. The number of rotatable bonds is 6. The van der Waals surface area contributed by atoms with Crippen LogP contribution >= 0.6 is 0 Å². The number of fused-ring (bicyclic) bond motifs is 3. The zero-order valence-electron chi connectivity index (χ0n) is 32.9. The van der Waals surface area contributed by atoms with Crippen LogP contribution in [-0.2, 0) is 5.41 Å². The number of para-hydroxylation sites is 2. The van der Waals surface area contributed by atoms with E-state index in [-0.39, 0.29) is 18.7 Å². The third kappa shape index (κ3) is 4.92. The Balaban J connectivity index is 0.00000388. The van der Waals surface area contributed by atoms with E-state index in [2.05, 4.69) is 161 Å². The number of benzene rings is 9. The Bertz CT molecular complexity index is 3010. The Kier molecular flexibility index (Phi) is 7.85. The molecule has 4 saturated carbocycles. The first kappa shape index (κ1) is 35.5. The van der Waals surface area contributed by atoms with E-state index in [4.69, 9.17) is 0 Å². The Morgan fingerprint density at radius 2 is 0.883 bits per heavy atom. The summed E-state index contributed by atoms with van der Waals surface area (Å²) in [5.74, 6) is 2.99. The van der Waals surface area contributed by atoms with Crippen LogP contribution in [0, 0.1) is 29.5 Å². The minimum atomic E-state index is -0.232. The summed E-state index contributed by atoms with van der Waals surface area (Å²) < 4.78 is 14.7. The van der Waals surface area contributed by atoms with Crippen LogP contribution in [0.5, 0.6) is 0 Å². The van der Waals surface area contributed by atoms with Crippen LogP contribution in [-0.4, -0.2) is 0 Å². The Labute approximate surface area is 351 Å². The highest BCUT2D eigenvalue weighted by molar-refractivity contribution is 6.28. The molecule has 9 aromatic rings. The average Bonchev–Trinajstić information content (AvgIpc) is 3.57. The highest BCUT2D eigenvalue weighted by atomic mass is 19.1. The highest BCUT2D eigenvalue weighted by Gasteiger charge is 2.61. The predicted molar refractivity (Wildman–Crippen MR) is 249 cm³/mol. The van der Waals surface area contributed by atoms with Crippen LogP contribution < -0.4 is 9.80 Å². The van der Waals surface area contributed by atoms with E-state index in [9.17, 15) is 4.39 Å². The van der Waals surface area contributed by atoms with Gasteiger partial charge in [0.15, 0.2) is 0 Å². The molecule has 0 amide bonds. The van der Waals surface area contributed by atoms with E-state index in [1.54, 1.807) is 23.3 Å². The zero-order valence-corrected chi connectivity index (χ0v) is 32.9. The quantitative estimate of drug-likeness (QED) is 0.155. The fourth-order valence-electron chi connectivity index (χ4n) is 13.0. The Morgan fingerprint density at radius 3 is 1.47 bits per heavy atom. The minimum Gasteiger partial charge on any atom is -0.310 e. The first-order chi connectivity index (χ1) is 29.1. The lowest BCUT2D eigenvalue weighted by molar-refractivity contribution is -0.0399. The maximum Gasteiger partial charge on any atom is 0.123 e. The van der Waals surface area contributed by atoms with Crippen molar-refractivity contribution >= 4 is 66.4 Å². The van der Waals surface area contributed by atoms with Crippen LogP contribution in [0.4, 0.5) is 38.5 Å². The molecule has 9 aromatic carbocycles. The Morgan fingerprint density at radius 1 is 0.417 bits per heavy atom. The van der Waals surface area contributed by atoms with Crippen LogP contribution in [0.15, 0.2) is 176 Å². The lowest BCUT2D eigenvalue weighted by Gasteiger charge is -2.61. The molecule has 3 heteroatoms. The topological polar surface area (TPSA) is 6.48 Å². The van der Waals surface area contributed by atoms with Crippen LogP contribution in [0.1, 0.15) is 50.7 Å². The smallest absolute Gasteiger partial charge is 0.123 e. The third-order valence-electron chi connectivity index (χ3n) is 15.0. The van der Waals surface area contributed by atoms with Crippen molar-refractivity contribution in [2.45, 2.75) is 44.9 Å². The second kappa shape index (κ2) is 13.3. The van der Waals surface area contributed by atoms with Crippen molar-refractivity contribution in [3.05, 3.63) is 193 Å². The molecule has 1 spiro atoms. The van der Waals surface area contributed by atoms with Crippen molar-refractivity contribution in [1.82, 2.24) is 0 Å². The van der Waals surface area contributed by atoms with Crippen LogP contribution in [0.2, 0.25) is 0 Å². The van der Waals surface area contributed by atoms with Gasteiger partial charge >= 0.3 is 0 Å². The molecule has 14 rings (SSSR count). The van der Waals surface area contributed by atoms with Crippen LogP contribution in [0.25, 0.3) is 43.4 Å². The number of hydrogen-bond donors (Lipinski definition) is 0. The molecule has 0 atom stereocenters. The molecule has 292 valence electrons. The summed E-state index contributed by atoms with van der Waals surface area (Å²) in [4.78, 5) is 4.74. The van der Waals surface area contributed by atoms with Gasteiger partial charge in [-0.3, -0.25) is 0 Å². The lowest BCUT2D eigenvalue weighted by atomic mass is 9.43. The van der Waals surface area contributed by atoms with E-state index in [1.165, 1.54) is 75.5 Å². The van der Waals surface area contributed by atoms with Gasteiger partial charge in [-0.05, 0) is 172 Å². The van der Waals surface area contributed by atoms with Gasteiger partial charge in [-0.15, -0.1) is 0 Å². The van der Waals surface area contributed by atoms with E-state index in [0.717, 1.165) is 46.0 Å². The zero-order chi connectivity index (χ0) is 38.8. The maximum atomic E-state index is 14.7. The summed E-state index contributed by atoms with van der Waals surface area (Å²) in [6, 6.07) is 63.3. The number of halogens is 1.